The minimum absolute atomic E-state index is 0. The Kier molecular flexibility index (Phi) is 5.16. The molecule has 160 valence electrons. The molecule has 0 spiro atoms. The van der Waals surface area contributed by atoms with Crippen LogP contribution in [0.4, 0.5) is 5.82 Å². The van der Waals surface area contributed by atoms with E-state index < -0.39 is 0 Å². The number of aromatic amines is 1. The number of nitrogens with zero attached hydrogens (tertiary/aromatic N) is 4. The van der Waals surface area contributed by atoms with E-state index in [-0.39, 0.29) is 1.43 Å². The van der Waals surface area contributed by atoms with Gasteiger partial charge in [0.15, 0.2) is 5.65 Å². The summed E-state index contributed by atoms with van der Waals surface area (Å²) in [6.45, 7) is 9.47. The Morgan fingerprint density at radius 3 is 2.77 bits per heavy atom. The summed E-state index contributed by atoms with van der Waals surface area (Å²) in [6, 6.07) is 15.1. The highest BCUT2D eigenvalue weighted by Crippen LogP contribution is 2.26. The van der Waals surface area contributed by atoms with E-state index in [1.807, 2.05) is 18.2 Å². The Hall–Kier alpha value is -3.25. The van der Waals surface area contributed by atoms with E-state index in [1.165, 1.54) is 22.3 Å². The molecule has 2 N–H and O–H groups in total. The Morgan fingerprint density at radius 2 is 1.94 bits per heavy atom. The van der Waals surface area contributed by atoms with Gasteiger partial charge >= 0.3 is 0 Å². The van der Waals surface area contributed by atoms with Crippen LogP contribution in [-0.4, -0.2) is 45.8 Å². The number of aryl methyl sites for hydroxylation is 3. The smallest absolute Gasteiger partial charge is 0.181 e. The molecule has 4 heterocycles. The fourth-order valence-electron chi connectivity index (χ4n) is 4.73. The predicted molar refractivity (Wildman–Crippen MR) is 128 cm³/mol. The molecule has 1 atom stereocenters. The van der Waals surface area contributed by atoms with Crippen molar-refractivity contribution < 1.29 is 1.43 Å². The van der Waals surface area contributed by atoms with Gasteiger partial charge < -0.3 is 10.2 Å². The lowest BCUT2D eigenvalue weighted by Crippen LogP contribution is -2.52. The molecule has 1 fully saturated rings. The molecule has 31 heavy (non-hydrogen) atoms. The van der Waals surface area contributed by atoms with Crippen LogP contribution >= 0.6 is 0 Å². The van der Waals surface area contributed by atoms with Crippen LogP contribution < -0.4 is 10.2 Å². The zero-order chi connectivity index (χ0) is 21.4. The number of aromatic nitrogens is 4. The third kappa shape index (κ3) is 3.91. The summed E-state index contributed by atoms with van der Waals surface area (Å²) < 4.78 is 0. The van der Waals surface area contributed by atoms with E-state index in [0.29, 0.717) is 6.04 Å². The molecular formula is C25H30N6. The van der Waals surface area contributed by atoms with E-state index in [2.05, 4.69) is 70.4 Å². The fourth-order valence-corrected chi connectivity index (χ4v) is 4.73. The van der Waals surface area contributed by atoms with Gasteiger partial charge in [-0.15, -0.1) is 0 Å². The van der Waals surface area contributed by atoms with Gasteiger partial charge in [0, 0.05) is 38.7 Å². The number of benzene rings is 1. The first kappa shape index (κ1) is 19.7. The van der Waals surface area contributed by atoms with E-state index in [0.717, 1.165) is 54.3 Å². The van der Waals surface area contributed by atoms with Crippen LogP contribution in [0.5, 0.6) is 0 Å². The molecule has 1 unspecified atom stereocenters. The number of fused-ring (bicyclic) bond motifs is 1. The summed E-state index contributed by atoms with van der Waals surface area (Å²) in [5.74, 6) is 1.01. The lowest BCUT2D eigenvalue weighted by atomic mass is 9.93. The molecule has 0 saturated carbocycles. The average molecular weight is 415 g/mol. The average Bonchev–Trinajstić information content (AvgIpc) is 3.21. The maximum absolute atomic E-state index is 4.98. The van der Waals surface area contributed by atoms with Crippen LogP contribution in [-0.2, 0) is 6.42 Å². The molecule has 1 aliphatic heterocycles. The van der Waals surface area contributed by atoms with Crippen LogP contribution in [0, 0.1) is 20.8 Å². The van der Waals surface area contributed by atoms with Crippen LogP contribution in [0.25, 0.3) is 22.4 Å². The van der Waals surface area contributed by atoms with Gasteiger partial charge in [-0.2, -0.15) is 5.10 Å². The standard InChI is InChI=1S/C25H28N6.H2/c1-16-12-17(2)21(18(3)13-16)14-19-15-31(11-10-26-19)23-8-4-7-22(28-23)24-20-6-5-9-27-25(20)30-29-24;/h4-9,12-13,19,26H,10-11,14-15H2,1-3H3,(H,27,29,30);1H. The summed E-state index contributed by atoms with van der Waals surface area (Å²) in [7, 11) is 0. The van der Waals surface area contributed by atoms with Crippen molar-refractivity contribution >= 4 is 16.9 Å². The predicted octanol–water partition coefficient (Wildman–Crippen LogP) is 4.21. The quantitative estimate of drug-likeness (QED) is 0.523. The zero-order valence-electron chi connectivity index (χ0n) is 18.3. The van der Waals surface area contributed by atoms with Crippen molar-refractivity contribution in [1.82, 2.24) is 25.5 Å². The Labute approximate surface area is 184 Å². The summed E-state index contributed by atoms with van der Waals surface area (Å²) >= 11 is 0. The van der Waals surface area contributed by atoms with Crippen LogP contribution in [0.1, 0.15) is 23.7 Å². The number of hydrogen-bond acceptors (Lipinski definition) is 5. The van der Waals surface area contributed by atoms with E-state index in [4.69, 9.17) is 4.98 Å². The summed E-state index contributed by atoms with van der Waals surface area (Å²) in [4.78, 5) is 11.7. The second-order valence-corrected chi connectivity index (χ2v) is 8.53. The first-order valence-corrected chi connectivity index (χ1v) is 10.9. The summed E-state index contributed by atoms with van der Waals surface area (Å²) in [5.41, 5.74) is 8.10. The van der Waals surface area contributed by atoms with E-state index in [9.17, 15) is 0 Å². The van der Waals surface area contributed by atoms with Crippen molar-refractivity contribution in [3.63, 3.8) is 0 Å². The highest BCUT2D eigenvalue weighted by molar-refractivity contribution is 5.89. The topological polar surface area (TPSA) is 69.7 Å². The number of anilines is 1. The fraction of sp³-hybridized carbons (Fsp3) is 0.320. The minimum atomic E-state index is 0. The first-order valence-electron chi connectivity index (χ1n) is 10.9. The third-order valence-corrected chi connectivity index (χ3v) is 6.19. The van der Waals surface area contributed by atoms with Crippen LogP contribution in [0.2, 0.25) is 0 Å². The van der Waals surface area contributed by atoms with E-state index in [1.54, 1.807) is 6.20 Å². The van der Waals surface area contributed by atoms with Gasteiger partial charge in [-0.3, -0.25) is 5.10 Å². The highest BCUT2D eigenvalue weighted by atomic mass is 15.2. The molecule has 0 radical (unpaired) electrons. The molecule has 0 aliphatic carbocycles. The molecule has 0 bridgehead atoms. The zero-order valence-corrected chi connectivity index (χ0v) is 18.3. The summed E-state index contributed by atoms with van der Waals surface area (Å²) in [5, 5.41) is 12.1. The molecule has 5 rings (SSSR count). The number of rotatable bonds is 4. The van der Waals surface area contributed by atoms with Crippen molar-refractivity contribution in [3.8, 4) is 11.4 Å². The molecule has 1 aliphatic rings. The molecule has 0 amide bonds. The number of hydrogen-bond donors (Lipinski definition) is 2. The maximum Gasteiger partial charge on any atom is 0.181 e. The number of piperazine rings is 1. The number of nitrogens with one attached hydrogen (secondary N) is 2. The summed E-state index contributed by atoms with van der Waals surface area (Å²) in [6.07, 6.45) is 2.79. The largest absolute Gasteiger partial charge is 0.354 e. The molecule has 6 nitrogen and oxygen atoms in total. The lowest BCUT2D eigenvalue weighted by molar-refractivity contribution is 0.451. The molecule has 3 aromatic heterocycles. The number of pyridine rings is 2. The van der Waals surface area contributed by atoms with Crippen molar-refractivity contribution in [3.05, 3.63) is 70.9 Å². The lowest BCUT2D eigenvalue weighted by Gasteiger charge is -2.35. The molecule has 6 heteroatoms. The molecule has 1 saturated heterocycles. The second kappa shape index (κ2) is 8.12. The Balaban J connectivity index is 0.00000245. The van der Waals surface area contributed by atoms with Gasteiger partial charge in [0.25, 0.3) is 0 Å². The van der Waals surface area contributed by atoms with Gasteiger partial charge in [-0.25, -0.2) is 9.97 Å². The van der Waals surface area contributed by atoms with Gasteiger partial charge in [-0.05, 0) is 68.1 Å². The maximum atomic E-state index is 4.98. The monoisotopic (exact) mass is 414 g/mol. The minimum Gasteiger partial charge on any atom is -0.354 e. The first-order chi connectivity index (χ1) is 15.1. The van der Waals surface area contributed by atoms with Crippen molar-refractivity contribution in [2.24, 2.45) is 0 Å². The van der Waals surface area contributed by atoms with Gasteiger partial charge in [0.05, 0.1) is 11.4 Å². The van der Waals surface area contributed by atoms with Crippen LogP contribution in [0.3, 0.4) is 0 Å². The van der Waals surface area contributed by atoms with E-state index >= 15 is 0 Å². The normalized spacial score (nSPS) is 16.7. The Morgan fingerprint density at radius 1 is 1.10 bits per heavy atom. The second-order valence-electron chi connectivity index (χ2n) is 8.53. The molecule has 1 aromatic carbocycles. The van der Waals surface area contributed by atoms with Gasteiger partial charge in [0.1, 0.15) is 5.82 Å². The SMILES string of the molecule is Cc1cc(C)c(CC2CN(c3cccc(-c4[nH]nc5ncccc45)n3)CCN2)c(C)c1.[HH]. The van der Waals surface area contributed by atoms with Gasteiger partial charge in [-0.1, -0.05) is 23.8 Å². The van der Waals surface area contributed by atoms with Crippen molar-refractivity contribution in [1.29, 1.82) is 0 Å². The highest BCUT2D eigenvalue weighted by Gasteiger charge is 2.22. The Bertz CT molecular complexity index is 1210. The molecular weight excluding hydrogens is 384 g/mol. The van der Waals surface area contributed by atoms with Crippen LogP contribution in [0.15, 0.2) is 48.7 Å². The van der Waals surface area contributed by atoms with Gasteiger partial charge in [0.2, 0.25) is 0 Å². The molecule has 4 aromatic rings. The number of H-pyrrole nitrogens is 1. The van der Waals surface area contributed by atoms with Crippen molar-refractivity contribution in [2.45, 2.75) is 33.2 Å². The van der Waals surface area contributed by atoms with Crippen molar-refractivity contribution in [2.75, 3.05) is 24.5 Å². The third-order valence-electron chi connectivity index (χ3n) is 6.19.